The molecule has 2 atom stereocenters. The zero-order valence-corrected chi connectivity index (χ0v) is 13.2. The van der Waals surface area contributed by atoms with Crippen molar-refractivity contribution >= 4 is 0 Å². The molecule has 0 saturated heterocycles. The fourth-order valence-electron chi connectivity index (χ4n) is 2.98. The Bertz CT molecular complexity index is 433. The molecule has 0 saturated carbocycles. The number of methoxy groups -OCH3 is 2. The van der Waals surface area contributed by atoms with Crippen LogP contribution in [0.2, 0.25) is 0 Å². The Kier molecular flexibility index (Phi) is 5.12. The summed E-state index contributed by atoms with van der Waals surface area (Å²) in [6.45, 7) is 8.28. The molecule has 0 aromatic carbocycles. The highest BCUT2D eigenvalue weighted by Gasteiger charge is 2.36. The minimum absolute atomic E-state index is 0.124. The van der Waals surface area contributed by atoms with Crippen LogP contribution in [0, 0.1) is 0 Å². The van der Waals surface area contributed by atoms with Gasteiger partial charge in [0.25, 0.3) is 0 Å². The molecule has 1 aromatic heterocycles. The lowest BCUT2D eigenvalue weighted by molar-refractivity contribution is -0.135. The topological polar surface area (TPSA) is 52.4 Å². The van der Waals surface area contributed by atoms with Crippen molar-refractivity contribution in [2.45, 2.75) is 58.5 Å². The van der Waals surface area contributed by atoms with Crippen LogP contribution in [0.15, 0.2) is 0 Å². The van der Waals surface area contributed by atoms with E-state index in [1.807, 2.05) is 4.68 Å². The van der Waals surface area contributed by atoms with Crippen LogP contribution in [0.1, 0.15) is 44.7 Å². The summed E-state index contributed by atoms with van der Waals surface area (Å²) in [5.74, 6) is 0. The van der Waals surface area contributed by atoms with E-state index in [9.17, 15) is 0 Å². The Morgan fingerprint density at radius 3 is 2.60 bits per heavy atom. The quantitative estimate of drug-likeness (QED) is 0.840. The molecule has 6 nitrogen and oxygen atoms in total. The molecular formula is C14H26N4O2. The van der Waals surface area contributed by atoms with Gasteiger partial charge in [-0.1, -0.05) is 5.21 Å². The van der Waals surface area contributed by atoms with E-state index in [1.165, 1.54) is 5.69 Å². The molecule has 20 heavy (non-hydrogen) atoms. The second-order valence-electron chi connectivity index (χ2n) is 5.45. The predicted octanol–water partition coefficient (Wildman–Crippen LogP) is 1.61. The van der Waals surface area contributed by atoms with Gasteiger partial charge >= 0.3 is 0 Å². The fraction of sp³-hybridized carbons (Fsp3) is 0.857. The third-order valence-corrected chi connectivity index (χ3v) is 4.01. The van der Waals surface area contributed by atoms with Crippen molar-refractivity contribution < 1.29 is 9.47 Å². The number of nitrogens with zero attached hydrogens (tertiary/aromatic N) is 4. The summed E-state index contributed by atoms with van der Waals surface area (Å²) in [5.41, 5.74) is 2.11. The van der Waals surface area contributed by atoms with Gasteiger partial charge in [0, 0.05) is 33.4 Å². The molecule has 1 aromatic rings. The summed E-state index contributed by atoms with van der Waals surface area (Å²) in [6, 6.07) is 0.403. The summed E-state index contributed by atoms with van der Waals surface area (Å²) in [7, 11) is 3.45. The average Bonchev–Trinajstić information content (AvgIpc) is 2.81. The molecule has 1 aliphatic heterocycles. The van der Waals surface area contributed by atoms with E-state index >= 15 is 0 Å². The van der Waals surface area contributed by atoms with E-state index in [1.54, 1.807) is 14.2 Å². The minimum Gasteiger partial charge on any atom is -0.371 e. The van der Waals surface area contributed by atoms with E-state index in [4.69, 9.17) is 9.47 Å². The van der Waals surface area contributed by atoms with Gasteiger partial charge in [-0.15, -0.1) is 5.10 Å². The zero-order chi connectivity index (χ0) is 14.7. The van der Waals surface area contributed by atoms with Crippen molar-refractivity contribution in [1.29, 1.82) is 0 Å². The molecule has 1 aliphatic rings. The first kappa shape index (κ1) is 15.4. The predicted molar refractivity (Wildman–Crippen MR) is 76.4 cm³/mol. The smallest absolute Gasteiger partial charge is 0.142 e. The van der Waals surface area contributed by atoms with Crippen molar-refractivity contribution in [2.75, 3.05) is 20.8 Å². The molecule has 0 radical (unpaired) electrons. The van der Waals surface area contributed by atoms with Crippen LogP contribution in [-0.4, -0.2) is 52.9 Å². The van der Waals surface area contributed by atoms with Gasteiger partial charge in [-0.2, -0.15) is 0 Å². The normalized spacial score (nSPS) is 24.5. The van der Waals surface area contributed by atoms with Crippen molar-refractivity contribution in [1.82, 2.24) is 19.9 Å². The molecule has 6 heteroatoms. The number of fused-ring (bicyclic) bond motifs is 1. The van der Waals surface area contributed by atoms with E-state index < -0.39 is 0 Å². The van der Waals surface area contributed by atoms with Gasteiger partial charge in [-0.3, -0.25) is 4.90 Å². The fourth-order valence-corrected chi connectivity index (χ4v) is 2.98. The lowest BCUT2D eigenvalue weighted by Gasteiger charge is -2.38. The molecule has 0 bridgehead atoms. The van der Waals surface area contributed by atoms with Crippen LogP contribution in [0.5, 0.6) is 0 Å². The lowest BCUT2D eigenvalue weighted by atomic mass is 10.0. The van der Waals surface area contributed by atoms with Crippen LogP contribution in [-0.2, 0) is 22.4 Å². The molecule has 0 amide bonds. The molecule has 0 spiro atoms. The van der Waals surface area contributed by atoms with Gasteiger partial charge in [0.2, 0.25) is 0 Å². The van der Waals surface area contributed by atoms with E-state index in [-0.39, 0.29) is 12.3 Å². The molecule has 2 heterocycles. The molecule has 0 fully saturated rings. The maximum absolute atomic E-state index is 5.73. The van der Waals surface area contributed by atoms with Crippen LogP contribution in [0.3, 0.4) is 0 Å². The number of aromatic nitrogens is 3. The maximum Gasteiger partial charge on any atom is 0.142 e. The van der Waals surface area contributed by atoms with Gasteiger partial charge in [0.05, 0.1) is 5.69 Å². The average molecular weight is 282 g/mol. The SMILES string of the molecule is CCn1nnc2c1CCCN(C(C)C)C(OC)C2OC. The van der Waals surface area contributed by atoms with Gasteiger partial charge < -0.3 is 9.47 Å². The van der Waals surface area contributed by atoms with Crippen LogP contribution < -0.4 is 0 Å². The highest BCUT2D eigenvalue weighted by molar-refractivity contribution is 5.16. The molecular weight excluding hydrogens is 256 g/mol. The van der Waals surface area contributed by atoms with Crippen LogP contribution in [0.4, 0.5) is 0 Å². The third-order valence-electron chi connectivity index (χ3n) is 4.01. The number of rotatable bonds is 4. The first-order chi connectivity index (χ1) is 9.63. The van der Waals surface area contributed by atoms with E-state index in [0.29, 0.717) is 6.04 Å². The van der Waals surface area contributed by atoms with E-state index in [0.717, 1.165) is 31.6 Å². The first-order valence-corrected chi connectivity index (χ1v) is 7.37. The summed E-state index contributed by atoms with van der Waals surface area (Å²) in [6.07, 6.45) is 1.74. The van der Waals surface area contributed by atoms with E-state index in [2.05, 4.69) is 36.0 Å². The number of hydrogen-bond donors (Lipinski definition) is 0. The van der Waals surface area contributed by atoms with Crippen molar-refractivity contribution in [2.24, 2.45) is 0 Å². The third kappa shape index (κ3) is 2.73. The Morgan fingerprint density at radius 2 is 2.05 bits per heavy atom. The Hall–Kier alpha value is -0.980. The summed E-state index contributed by atoms with van der Waals surface area (Å²) >= 11 is 0. The first-order valence-electron chi connectivity index (χ1n) is 7.37. The van der Waals surface area contributed by atoms with Gasteiger partial charge in [-0.05, 0) is 33.6 Å². The highest BCUT2D eigenvalue weighted by Crippen LogP contribution is 2.30. The van der Waals surface area contributed by atoms with Crippen LogP contribution in [0.25, 0.3) is 0 Å². The molecule has 0 aliphatic carbocycles. The molecule has 114 valence electrons. The summed E-state index contributed by atoms with van der Waals surface area (Å²) in [4.78, 5) is 2.34. The number of aryl methyl sites for hydroxylation is 1. The van der Waals surface area contributed by atoms with Crippen molar-refractivity contribution in [3.8, 4) is 0 Å². The Labute approximate surface area is 121 Å². The van der Waals surface area contributed by atoms with Crippen LogP contribution >= 0.6 is 0 Å². The van der Waals surface area contributed by atoms with Gasteiger partial charge in [0.15, 0.2) is 0 Å². The molecule has 2 unspecified atom stereocenters. The standard InChI is InChI=1S/C14H26N4O2/c1-6-18-11-8-7-9-17(10(2)3)14(20-5)13(19-4)12(11)15-16-18/h10,13-14H,6-9H2,1-5H3. The molecule has 2 rings (SSSR count). The Morgan fingerprint density at radius 1 is 1.30 bits per heavy atom. The summed E-state index contributed by atoms with van der Waals surface area (Å²) in [5, 5.41) is 8.60. The number of ether oxygens (including phenoxy) is 2. The Balaban J connectivity index is 2.41. The largest absolute Gasteiger partial charge is 0.371 e. The second-order valence-corrected chi connectivity index (χ2v) is 5.45. The summed E-state index contributed by atoms with van der Waals surface area (Å²) < 4.78 is 13.4. The number of hydrogen-bond acceptors (Lipinski definition) is 5. The van der Waals surface area contributed by atoms with Gasteiger partial charge in [0.1, 0.15) is 18.0 Å². The molecule has 0 N–H and O–H groups in total. The minimum atomic E-state index is -0.196. The monoisotopic (exact) mass is 282 g/mol. The van der Waals surface area contributed by atoms with Crippen molar-refractivity contribution in [3.05, 3.63) is 11.4 Å². The highest BCUT2D eigenvalue weighted by atomic mass is 16.5. The second kappa shape index (κ2) is 6.65. The maximum atomic E-state index is 5.73. The van der Waals surface area contributed by atoms with Gasteiger partial charge in [-0.25, -0.2) is 4.68 Å². The van der Waals surface area contributed by atoms with Crippen molar-refractivity contribution in [3.63, 3.8) is 0 Å². The lowest BCUT2D eigenvalue weighted by Crippen LogP contribution is -2.47. The zero-order valence-electron chi connectivity index (χ0n) is 13.2.